The first-order chi connectivity index (χ1) is 7.17. The van der Waals surface area contributed by atoms with Gasteiger partial charge in [-0.05, 0) is 37.0 Å². The van der Waals surface area contributed by atoms with Crippen molar-refractivity contribution in [2.45, 2.75) is 40.0 Å². The summed E-state index contributed by atoms with van der Waals surface area (Å²) in [7, 11) is 0. The molecule has 0 aliphatic rings. The van der Waals surface area contributed by atoms with Gasteiger partial charge in [-0.25, -0.2) is 0 Å². The van der Waals surface area contributed by atoms with Gasteiger partial charge in [0, 0.05) is 13.1 Å². The van der Waals surface area contributed by atoms with Crippen LogP contribution in [0.5, 0.6) is 0 Å². The molecule has 0 radical (unpaired) electrons. The third-order valence-corrected chi connectivity index (χ3v) is 4.02. The molecule has 0 heterocycles. The molecule has 15 heavy (non-hydrogen) atoms. The van der Waals surface area contributed by atoms with Gasteiger partial charge in [-0.1, -0.05) is 20.8 Å². The number of aliphatic hydroxyl groups is 1. The molecule has 2 nitrogen and oxygen atoms in total. The molecule has 0 fully saturated rings. The van der Waals surface area contributed by atoms with Crippen LogP contribution in [0.15, 0.2) is 0 Å². The van der Waals surface area contributed by atoms with Gasteiger partial charge < -0.3 is 10.0 Å². The van der Waals surface area contributed by atoms with E-state index in [4.69, 9.17) is 5.11 Å². The zero-order valence-electron chi connectivity index (χ0n) is 10.5. The zero-order chi connectivity index (χ0) is 11.7. The van der Waals surface area contributed by atoms with Crippen molar-refractivity contribution in [2.75, 3.05) is 32.0 Å². The molecule has 0 aromatic heterocycles. The summed E-state index contributed by atoms with van der Waals surface area (Å²) in [5, 5.41) is 9.02. The van der Waals surface area contributed by atoms with E-state index in [9.17, 15) is 0 Å². The molecule has 0 aromatic carbocycles. The minimum Gasteiger partial charge on any atom is -0.395 e. The standard InChI is InChI=1S/C12H27NOS/c1-4-7-13(8-9-14)10-12(5-2,6-3)11-15/h14-15H,4-11H2,1-3H3. The summed E-state index contributed by atoms with van der Waals surface area (Å²) >= 11 is 4.48. The maximum atomic E-state index is 9.02. The molecule has 0 bridgehead atoms. The van der Waals surface area contributed by atoms with E-state index in [0.29, 0.717) is 5.41 Å². The predicted molar refractivity (Wildman–Crippen MR) is 70.7 cm³/mol. The Morgan fingerprint density at radius 2 is 1.73 bits per heavy atom. The SMILES string of the molecule is CCCN(CCO)CC(CC)(CC)CS. The van der Waals surface area contributed by atoms with Gasteiger partial charge in [0.1, 0.15) is 0 Å². The fourth-order valence-electron chi connectivity index (χ4n) is 1.95. The van der Waals surface area contributed by atoms with Gasteiger partial charge in [0.25, 0.3) is 0 Å². The van der Waals surface area contributed by atoms with E-state index in [1.54, 1.807) is 0 Å². The number of aliphatic hydroxyl groups excluding tert-OH is 1. The Bertz CT molecular complexity index is 134. The number of thiol groups is 1. The summed E-state index contributed by atoms with van der Waals surface area (Å²) in [6, 6.07) is 0. The van der Waals surface area contributed by atoms with Gasteiger partial charge in [0.15, 0.2) is 0 Å². The van der Waals surface area contributed by atoms with Crippen LogP contribution in [0.3, 0.4) is 0 Å². The van der Waals surface area contributed by atoms with Crippen LogP contribution in [-0.4, -0.2) is 42.0 Å². The Labute approximate surface area is 100 Å². The molecule has 3 heteroatoms. The van der Waals surface area contributed by atoms with Crippen molar-refractivity contribution in [1.82, 2.24) is 4.90 Å². The largest absolute Gasteiger partial charge is 0.395 e. The molecule has 0 saturated heterocycles. The monoisotopic (exact) mass is 233 g/mol. The van der Waals surface area contributed by atoms with Crippen LogP contribution in [-0.2, 0) is 0 Å². The van der Waals surface area contributed by atoms with E-state index in [1.165, 1.54) is 12.8 Å². The molecule has 0 aliphatic heterocycles. The minimum atomic E-state index is 0.260. The van der Waals surface area contributed by atoms with Crippen LogP contribution >= 0.6 is 12.6 Å². The molecule has 0 amide bonds. The molecular weight excluding hydrogens is 206 g/mol. The van der Waals surface area contributed by atoms with Crippen LogP contribution < -0.4 is 0 Å². The van der Waals surface area contributed by atoms with Crippen molar-refractivity contribution in [3.05, 3.63) is 0 Å². The lowest BCUT2D eigenvalue weighted by molar-refractivity contribution is 0.131. The average Bonchev–Trinajstić information content (AvgIpc) is 2.27. The average molecular weight is 233 g/mol. The summed E-state index contributed by atoms with van der Waals surface area (Å²) in [6.45, 7) is 9.86. The lowest BCUT2D eigenvalue weighted by Crippen LogP contribution is -2.40. The molecule has 0 aliphatic carbocycles. The molecule has 0 aromatic rings. The van der Waals surface area contributed by atoms with E-state index < -0.39 is 0 Å². The van der Waals surface area contributed by atoms with Crippen LogP contribution in [0.25, 0.3) is 0 Å². The smallest absolute Gasteiger partial charge is 0.0558 e. The third kappa shape index (κ3) is 5.23. The second-order valence-electron chi connectivity index (χ2n) is 4.36. The van der Waals surface area contributed by atoms with Gasteiger partial charge in [0.2, 0.25) is 0 Å². The highest BCUT2D eigenvalue weighted by Gasteiger charge is 2.26. The Morgan fingerprint density at radius 3 is 2.07 bits per heavy atom. The topological polar surface area (TPSA) is 23.5 Å². The Balaban J connectivity index is 4.30. The second-order valence-corrected chi connectivity index (χ2v) is 4.68. The lowest BCUT2D eigenvalue weighted by atomic mass is 9.84. The Morgan fingerprint density at radius 1 is 1.13 bits per heavy atom. The van der Waals surface area contributed by atoms with E-state index in [0.717, 1.165) is 31.8 Å². The molecule has 1 N–H and O–H groups in total. The molecule has 92 valence electrons. The number of hydrogen-bond acceptors (Lipinski definition) is 3. The van der Waals surface area contributed by atoms with Gasteiger partial charge in [-0.2, -0.15) is 12.6 Å². The van der Waals surface area contributed by atoms with E-state index >= 15 is 0 Å². The van der Waals surface area contributed by atoms with Crippen LogP contribution in [0.2, 0.25) is 0 Å². The Kier molecular flexibility index (Phi) is 8.58. The third-order valence-electron chi connectivity index (χ3n) is 3.35. The highest BCUT2D eigenvalue weighted by Crippen LogP contribution is 2.28. The highest BCUT2D eigenvalue weighted by atomic mass is 32.1. The van der Waals surface area contributed by atoms with Crippen molar-refractivity contribution in [3.8, 4) is 0 Å². The van der Waals surface area contributed by atoms with E-state index in [2.05, 4.69) is 38.3 Å². The fourth-order valence-corrected chi connectivity index (χ4v) is 2.50. The van der Waals surface area contributed by atoms with Gasteiger partial charge in [0.05, 0.1) is 6.61 Å². The van der Waals surface area contributed by atoms with Crippen molar-refractivity contribution in [2.24, 2.45) is 5.41 Å². The zero-order valence-corrected chi connectivity index (χ0v) is 11.4. The second kappa shape index (κ2) is 8.43. The van der Waals surface area contributed by atoms with Gasteiger partial charge in [-0.3, -0.25) is 0 Å². The number of nitrogens with zero attached hydrogens (tertiary/aromatic N) is 1. The first-order valence-electron chi connectivity index (χ1n) is 6.12. The quantitative estimate of drug-likeness (QED) is 0.598. The van der Waals surface area contributed by atoms with Crippen LogP contribution in [0.4, 0.5) is 0 Å². The predicted octanol–water partition coefficient (Wildman–Crippen LogP) is 2.43. The first kappa shape index (κ1) is 15.3. The van der Waals surface area contributed by atoms with Crippen LogP contribution in [0.1, 0.15) is 40.0 Å². The maximum Gasteiger partial charge on any atom is 0.0558 e. The van der Waals surface area contributed by atoms with Gasteiger partial charge in [-0.15, -0.1) is 0 Å². The number of rotatable bonds is 9. The first-order valence-corrected chi connectivity index (χ1v) is 6.75. The molecular formula is C12H27NOS. The normalized spacial score (nSPS) is 12.4. The van der Waals surface area contributed by atoms with Crippen molar-refractivity contribution in [3.63, 3.8) is 0 Å². The number of hydrogen-bond donors (Lipinski definition) is 2. The molecule has 0 rings (SSSR count). The fraction of sp³-hybridized carbons (Fsp3) is 1.00. The highest BCUT2D eigenvalue weighted by molar-refractivity contribution is 7.80. The molecule has 0 spiro atoms. The summed E-state index contributed by atoms with van der Waals surface area (Å²) in [4.78, 5) is 2.36. The van der Waals surface area contributed by atoms with Crippen LogP contribution in [0, 0.1) is 5.41 Å². The van der Waals surface area contributed by atoms with Crippen molar-refractivity contribution >= 4 is 12.6 Å². The van der Waals surface area contributed by atoms with Crippen molar-refractivity contribution in [1.29, 1.82) is 0 Å². The molecule has 0 saturated carbocycles. The molecule has 0 atom stereocenters. The van der Waals surface area contributed by atoms with E-state index in [1.807, 2.05) is 0 Å². The summed E-state index contributed by atoms with van der Waals surface area (Å²) in [5.41, 5.74) is 0.327. The summed E-state index contributed by atoms with van der Waals surface area (Å²) in [6.07, 6.45) is 3.48. The maximum absolute atomic E-state index is 9.02. The summed E-state index contributed by atoms with van der Waals surface area (Å²) < 4.78 is 0. The molecule has 0 unspecified atom stereocenters. The lowest BCUT2D eigenvalue weighted by Gasteiger charge is -2.36. The minimum absolute atomic E-state index is 0.260. The Hall–Kier alpha value is 0.270. The van der Waals surface area contributed by atoms with Gasteiger partial charge >= 0.3 is 0 Å². The summed E-state index contributed by atoms with van der Waals surface area (Å²) in [5.74, 6) is 0.936. The van der Waals surface area contributed by atoms with Crippen molar-refractivity contribution < 1.29 is 5.11 Å². The van der Waals surface area contributed by atoms with E-state index in [-0.39, 0.29) is 6.61 Å².